The predicted octanol–water partition coefficient (Wildman–Crippen LogP) is 1.95. The molecule has 4 nitrogen and oxygen atoms in total. The molecular weight excluding hydrogens is 211 g/mol. The summed E-state index contributed by atoms with van der Waals surface area (Å²) in [6, 6.07) is 5.86. The molecular formula is C11H11FN2O2. The molecule has 2 rings (SSSR count). The van der Waals surface area contributed by atoms with Crippen molar-refractivity contribution in [3.8, 4) is 17.1 Å². The largest absolute Gasteiger partial charge is 0.496 e. The Morgan fingerprint density at radius 1 is 1.44 bits per heavy atom. The monoisotopic (exact) mass is 222 g/mol. The second-order valence-electron chi connectivity index (χ2n) is 3.23. The van der Waals surface area contributed by atoms with Crippen LogP contribution >= 0.6 is 0 Å². The van der Waals surface area contributed by atoms with E-state index in [2.05, 4.69) is 5.16 Å². The van der Waals surface area contributed by atoms with Crippen LogP contribution in [0, 0.1) is 5.82 Å². The van der Waals surface area contributed by atoms with Crippen LogP contribution in [0.4, 0.5) is 4.39 Å². The highest BCUT2D eigenvalue weighted by atomic mass is 19.1. The van der Waals surface area contributed by atoms with E-state index in [1.807, 2.05) is 0 Å². The molecule has 0 unspecified atom stereocenters. The van der Waals surface area contributed by atoms with E-state index in [1.165, 1.54) is 25.3 Å². The number of ether oxygens (including phenoxy) is 1. The van der Waals surface area contributed by atoms with Crippen LogP contribution in [-0.4, -0.2) is 12.3 Å². The summed E-state index contributed by atoms with van der Waals surface area (Å²) in [7, 11) is 1.51. The van der Waals surface area contributed by atoms with Crippen LogP contribution in [0.3, 0.4) is 0 Å². The van der Waals surface area contributed by atoms with Gasteiger partial charge >= 0.3 is 0 Å². The second kappa shape index (κ2) is 4.32. The number of halogens is 1. The van der Waals surface area contributed by atoms with Crippen LogP contribution in [0.1, 0.15) is 5.69 Å². The lowest BCUT2D eigenvalue weighted by Crippen LogP contribution is -1.94. The van der Waals surface area contributed by atoms with E-state index in [0.717, 1.165) is 0 Å². The summed E-state index contributed by atoms with van der Waals surface area (Å²) < 4.78 is 23.3. The molecule has 0 saturated heterocycles. The molecule has 1 aromatic heterocycles. The maximum atomic E-state index is 13.1. The van der Waals surface area contributed by atoms with E-state index in [4.69, 9.17) is 15.0 Å². The van der Waals surface area contributed by atoms with E-state index in [1.54, 1.807) is 6.07 Å². The normalized spacial score (nSPS) is 10.4. The van der Waals surface area contributed by atoms with Crippen molar-refractivity contribution < 1.29 is 13.7 Å². The molecule has 0 radical (unpaired) electrons. The number of hydrogen-bond acceptors (Lipinski definition) is 4. The first-order valence-corrected chi connectivity index (χ1v) is 4.74. The third-order valence-electron chi connectivity index (χ3n) is 2.20. The summed E-state index contributed by atoms with van der Waals surface area (Å²) in [6.45, 7) is 0.279. The zero-order chi connectivity index (χ0) is 11.5. The summed E-state index contributed by atoms with van der Waals surface area (Å²) in [5.41, 5.74) is 6.55. The highest BCUT2D eigenvalue weighted by Crippen LogP contribution is 2.30. The molecule has 0 fully saturated rings. The van der Waals surface area contributed by atoms with Crippen LogP contribution in [0.15, 0.2) is 28.8 Å². The molecule has 84 valence electrons. The first-order valence-electron chi connectivity index (χ1n) is 4.74. The van der Waals surface area contributed by atoms with Gasteiger partial charge in [0, 0.05) is 12.6 Å². The van der Waals surface area contributed by atoms with Crippen LogP contribution < -0.4 is 10.5 Å². The lowest BCUT2D eigenvalue weighted by molar-refractivity contribution is 0.402. The quantitative estimate of drug-likeness (QED) is 0.862. The third kappa shape index (κ3) is 1.90. The number of aromatic nitrogens is 1. The molecule has 0 saturated carbocycles. The van der Waals surface area contributed by atoms with Gasteiger partial charge in [0.1, 0.15) is 11.6 Å². The molecule has 0 bridgehead atoms. The minimum absolute atomic E-state index is 0.279. The number of hydrogen-bond donors (Lipinski definition) is 1. The third-order valence-corrected chi connectivity index (χ3v) is 2.20. The van der Waals surface area contributed by atoms with Gasteiger partial charge in [-0.2, -0.15) is 0 Å². The Morgan fingerprint density at radius 2 is 2.25 bits per heavy atom. The van der Waals surface area contributed by atoms with Crippen LogP contribution in [0.5, 0.6) is 5.75 Å². The van der Waals surface area contributed by atoms with Crippen molar-refractivity contribution in [3.05, 3.63) is 35.8 Å². The van der Waals surface area contributed by atoms with Crippen molar-refractivity contribution in [2.45, 2.75) is 6.54 Å². The van der Waals surface area contributed by atoms with Crippen molar-refractivity contribution in [2.24, 2.45) is 5.73 Å². The fraction of sp³-hybridized carbons (Fsp3) is 0.182. The summed E-state index contributed by atoms with van der Waals surface area (Å²) in [5.74, 6) is 0.611. The van der Waals surface area contributed by atoms with Gasteiger partial charge in [0.05, 0.1) is 18.4 Å². The lowest BCUT2D eigenvalue weighted by Gasteiger charge is -2.04. The first-order chi connectivity index (χ1) is 7.74. The molecule has 1 aromatic carbocycles. The molecule has 0 spiro atoms. The van der Waals surface area contributed by atoms with Crippen molar-refractivity contribution >= 4 is 0 Å². The van der Waals surface area contributed by atoms with Crippen molar-refractivity contribution in [1.82, 2.24) is 5.16 Å². The minimum Gasteiger partial charge on any atom is -0.496 e. The molecule has 2 aromatic rings. The SMILES string of the molecule is COc1ccc(F)cc1-c1cc(CN)no1. The van der Waals surface area contributed by atoms with Crippen molar-refractivity contribution in [3.63, 3.8) is 0 Å². The summed E-state index contributed by atoms with van der Waals surface area (Å²) in [4.78, 5) is 0. The Kier molecular flexibility index (Phi) is 2.87. The maximum absolute atomic E-state index is 13.1. The number of methoxy groups -OCH3 is 1. The van der Waals surface area contributed by atoms with E-state index in [-0.39, 0.29) is 12.4 Å². The number of benzene rings is 1. The van der Waals surface area contributed by atoms with Gasteiger partial charge in [-0.3, -0.25) is 0 Å². The van der Waals surface area contributed by atoms with Gasteiger partial charge in [-0.15, -0.1) is 0 Å². The average Bonchev–Trinajstić information content (AvgIpc) is 2.77. The predicted molar refractivity (Wildman–Crippen MR) is 56.3 cm³/mol. The van der Waals surface area contributed by atoms with Gasteiger partial charge in [-0.05, 0) is 18.2 Å². The average molecular weight is 222 g/mol. The van der Waals surface area contributed by atoms with Gasteiger partial charge in [-0.1, -0.05) is 5.16 Å². The van der Waals surface area contributed by atoms with Gasteiger partial charge in [0.15, 0.2) is 5.76 Å². The molecule has 0 amide bonds. The fourth-order valence-corrected chi connectivity index (χ4v) is 1.41. The smallest absolute Gasteiger partial charge is 0.171 e. The fourth-order valence-electron chi connectivity index (χ4n) is 1.41. The standard InChI is InChI=1S/C11H11FN2O2/c1-15-10-3-2-7(12)4-9(10)11-5-8(6-13)14-16-11/h2-5H,6,13H2,1H3. The van der Waals surface area contributed by atoms with Crippen LogP contribution in [-0.2, 0) is 6.54 Å². The Hall–Kier alpha value is -1.88. The van der Waals surface area contributed by atoms with Crippen LogP contribution in [0.2, 0.25) is 0 Å². The van der Waals surface area contributed by atoms with Crippen molar-refractivity contribution in [2.75, 3.05) is 7.11 Å². The Morgan fingerprint density at radius 3 is 2.88 bits per heavy atom. The second-order valence-corrected chi connectivity index (χ2v) is 3.23. The number of nitrogens with zero attached hydrogens (tertiary/aromatic N) is 1. The van der Waals surface area contributed by atoms with E-state index < -0.39 is 0 Å². The lowest BCUT2D eigenvalue weighted by atomic mass is 10.1. The molecule has 0 aliphatic heterocycles. The Bertz CT molecular complexity index is 496. The van der Waals surface area contributed by atoms with E-state index in [9.17, 15) is 4.39 Å². The minimum atomic E-state index is -0.360. The van der Waals surface area contributed by atoms with Gasteiger partial charge < -0.3 is 15.0 Å². The first kappa shape index (κ1) is 10.6. The number of nitrogens with two attached hydrogens (primary N) is 1. The Labute approximate surface area is 91.8 Å². The van der Waals surface area contributed by atoms with Crippen molar-refractivity contribution in [1.29, 1.82) is 0 Å². The summed E-state index contributed by atoms with van der Waals surface area (Å²) in [5, 5.41) is 3.74. The van der Waals surface area contributed by atoms with Crippen LogP contribution in [0.25, 0.3) is 11.3 Å². The molecule has 2 N–H and O–H groups in total. The molecule has 0 atom stereocenters. The molecule has 5 heteroatoms. The number of rotatable bonds is 3. The van der Waals surface area contributed by atoms with E-state index >= 15 is 0 Å². The van der Waals surface area contributed by atoms with Gasteiger partial charge in [0.25, 0.3) is 0 Å². The highest BCUT2D eigenvalue weighted by molar-refractivity contribution is 5.65. The molecule has 1 heterocycles. The molecule has 16 heavy (non-hydrogen) atoms. The van der Waals surface area contributed by atoms with Gasteiger partial charge in [0.2, 0.25) is 0 Å². The summed E-state index contributed by atoms with van der Waals surface area (Å²) in [6.07, 6.45) is 0. The zero-order valence-electron chi connectivity index (χ0n) is 8.74. The summed E-state index contributed by atoms with van der Waals surface area (Å²) >= 11 is 0. The molecule has 0 aliphatic carbocycles. The highest BCUT2D eigenvalue weighted by Gasteiger charge is 2.12. The van der Waals surface area contributed by atoms with E-state index in [0.29, 0.717) is 22.8 Å². The zero-order valence-corrected chi connectivity index (χ0v) is 8.74. The topological polar surface area (TPSA) is 61.3 Å². The Balaban J connectivity index is 2.49. The van der Waals surface area contributed by atoms with Gasteiger partial charge in [-0.25, -0.2) is 4.39 Å². The maximum Gasteiger partial charge on any atom is 0.171 e. The molecule has 0 aliphatic rings.